The van der Waals surface area contributed by atoms with Gasteiger partial charge in [-0.1, -0.05) is 53.6 Å². The molecule has 0 amide bonds. The second-order valence-electron chi connectivity index (χ2n) is 4.28. The molecule has 19 heavy (non-hydrogen) atoms. The Hall–Kier alpha value is -2.71. The highest BCUT2D eigenvalue weighted by Gasteiger charge is 2.11. The van der Waals surface area contributed by atoms with Crippen LogP contribution in [0.1, 0.15) is 5.69 Å². The van der Waals surface area contributed by atoms with Crippen LogP contribution in [-0.2, 0) is 6.54 Å². The molecule has 1 heterocycles. The highest BCUT2D eigenvalue weighted by molar-refractivity contribution is 5.97. The van der Waals surface area contributed by atoms with Gasteiger partial charge in [-0.05, 0) is 17.2 Å². The Labute approximate surface area is 110 Å². The van der Waals surface area contributed by atoms with Crippen LogP contribution in [-0.4, -0.2) is 4.98 Å². The minimum absolute atomic E-state index is 0.329. The van der Waals surface area contributed by atoms with Gasteiger partial charge < -0.3 is 4.98 Å². The second-order valence-corrected chi connectivity index (χ2v) is 4.28. The average Bonchev–Trinajstić information content (AvgIpc) is 2.84. The quantitative estimate of drug-likeness (QED) is 0.398. The summed E-state index contributed by atoms with van der Waals surface area (Å²) in [7, 11) is 0. The number of para-hydroxylation sites is 1. The molecule has 0 saturated carbocycles. The number of hydrogen-bond donors (Lipinski definition) is 1. The molecule has 0 bridgehead atoms. The summed E-state index contributed by atoms with van der Waals surface area (Å²) in [5.41, 5.74) is 12.8. The van der Waals surface area contributed by atoms with Gasteiger partial charge in [0.1, 0.15) is 0 Å². The highest BCUT2D eigenvalue weighted by atomic mass is 15.1. The molecule has 4 heteroatoms. The summed E-state index contributed by atoms with van der Waals surface area (Å²) in [6, 6.07) is 18.2. The van der Waals surface area contributed by atoms with Crippen LogP contribution in [0.3, 0.4) is 0 Å². The van der Waals surface area contributed by atoms with Crippen molar-refractivity contribution in [3.63, 3.8) is 0 Å². The van der Waals surface area contributed by atoms with Crippen LogP contribution in [0.5, 0.6) is 0 Å². The van der Waals surface area contributed by atoms with Crippen LogP contribution in [0.2, 0.25) is 0 Å². The van der Waals surface area contributed by atoms with Crippen molar-refractivity contribution in [2.45, 2.75) is 6.54 Å². The zero-order chi connectivity index (χ0) is 13.1. The summed E-state index contributed by atoms with van der Waals surface area (Å²) in [6.45, 7) is 0.329. The van der Waals surface area contributed by atoms with Gasteiger partial charge in [0.25, 0.3) is 0 Å². The summed E-state index contributed by atoms with van der Waals surface area (Å²) >= 11 is 0. The van der Waals surface area contributed by atoms with Crippen LogP contribution in [0.25, 0.3) is 32.5 Å². The monoisotopic (exact) mass is 248 g/mol. The van der Waals surface area contributed by atoms with Crippen LogP contribution in [0.4, 0.5) is 0 Å². The van der Waals surface area contributed by atoms with Gasteiger partial charge in [0.15, 0.2) is 0 Å². The van der Waals surface area contributed by atoms with Crippen LogP contribution in [0, 0.1) is 0 Å². The number of azide groups is 1. The number of H-pyrrole nitrogens is 1. The number of fused-ring (bicyclic) bond motifs is 1. The van der Waals surface area contributed by atoms with Gasteiger partial charge in [0, 0.05) is 27.1 Å². The second kappa shape index (κ2) is 4.88. The lowest BCUT2D eigenvalue weighted by molar-refractivity contribution is 1.00. The molecule has 1 N–H and O–H groups in total. The van der Waals surface area contributed by atoms with Crippen molar-refractivity contribution in [3.8, 4) is 11.1 Å². The van der Waals surface area contributed by atoms with Gasteiger partial charge >= 0.3 is 0 Å². The average molecular weight is 248 g/mol. The van der Waals surface area contributed by atoms with Crippen LogP contribution < -0.4 is 0 Å². The maximum Gasteiger partial charge on any atom is 0.0668 e. The Morgan fingerprint density at radius 3 is 2.53 bits per heavy atom. The zero-order valence-electron chi connectivity index (χ0n) is 10.2. The molecular weight excluding hydrogens is 236 g/mol. The number of aromatic nitrogens is 1. The molecule has 4 nitrogen and oxygen atoms in total. The molecule has 0 atom stereocenters. The van der Waals surface area contributed by atoms with Gasteiger partial charge in [-0.2, -0.15) is 0 Å². The minimum Gasteiger partial charge on any atom is -0.358 e. The molecule has 92 valence electrons. The van der Waals surface area contributed by atoms with Crippen molar-refractivity contribution >= 4 is 10.9 Å². The van der Waals surface area contributed by atoms with E-state index in [-0.39, 0.29) is 0 Å². The maximum atomic E-state index is 8.51. The first kappa shape index (κ1) is 11.4. The molecule has 0 saturated heterocycles. The Bertz CT molecular complexity index is 752. The van der Waals surface area contributed by atoms with E-state index in [4.69, 9.17) is 5.53 Å². The van der Waals surface area contributed by atoms with Crippen molar-refractivity contribution in [1.29, 1.82) is 0 Å². The number of rotatable bonds is 3. The summed E-state index contributed by atoms with van der Waals surface area (Å²) in [5.74, 6) is 0. The Kier molecular flexibility index (Phi) is 2.93. The first-order valence-electron chi connectivity index (χ1n) is 6.06. The topological polar surface area (TPSA) is 64.6 Å². The third-order valence-corrected chi connectivity index (χ3v) is 3.14. The molecular formula is C15H12N4. The van der Waals surface area contributed by atoms with E-state index in [2.05, 4.69) is 33.2 Å². The van der Waals surface area contributed by atoms with E-state index in [1.807, 2.05) is 36.4 Å². The lowest BCUT2D eigenvalue weighted by Crippen LogP contribution is -1.85. The first-order chi connectivity index (χ1) is 9.40. The van der Waals surface area contributed by atoms with Crippen molar-refractivity contribution in [1.82, 2.24) is 4.98 Å². The van der Waals surface area contributed by atoms with E-state index in [0.29, 0.717) is 6.54 Å². The Morgan fingerprint density at radius 2 is 1.74 bits per heavy atom. The molecule has 0 unspecified atom stereocenters. The van der Waals surface area contributed by atoms with Crippen LogP contribution >= 0.6 is 0 Å². The molecule has 3 rings (SSSR count). The van der Waals surface area contributed by atoms with Gasteiger partial charge in [-0.3, -0.25) is 0 Å². The van der Waals surface area contributed by atoms with E-state index in [1.165, 1.54) is 0 Å². The predicted octanol–water partition coefficient (Wildman–Crippen LogP) is 4.65. The van der Waals surface area contributed by atoms with E-state index in [1.54, 1.807) is 0 Å². The lowest BCUT2D eigenvalue weighted by Gasteiger charge is -2.02. The van der Waals surface area contributed by atoms with Gasteiger partial charge in [0.2, 0.25) is 0 Å². The minimum atomic E-state index is 0.329. The molecule has 0 fully saturated rings. The summed E-state index contributed by atoms with van der Waals surface area (Å²) in [6.07, 6.45) is 0. The number of hydrogen-bond acceptors (Lipinski definition) is 1. The molecule has 0 radical (unpaired) electrons. The smallest absolute Gasteiger partial charge is 0.0668 e. The van der Waals surface area contributed by atoms with Gasteiger partial charge in [-0.25, -0.2) is 0 Å². The van der Waals surface area contributed by atoms with Crippen molar-refractivity contribution in [2.24, 2.45) is 5.11 Å². The number of nitrogens with one attached hydrogen (secondary N) is 1. The fourth-order valence-electron chi connectivity index (χ4n) is 2.35. The largest absolute Gasteiger partial charge is 0.358 e. The SMILES string of the molecule is [N-]=[N+]=NCc1[nH]c2ccccc2c1-c1ccccc1. The van der Waals surface area contributed by atoms with Crippen molar-refractivity contribution in [2.75, 3.05) is 0 Å². The first-order valence-corrected chi connectivity index (χ1v) is 6.06. The zero-order valence-corrected chi connectivity index (χ0v) is 10.2. The molecule has 0 aliphatic heterocycles. The Morgan fingerprint density at radius 1 is 1.00 bits per heavy atom. The fraction of sp³-hybridized carbons (Fsp3) is 0.0667. The van der Waals surface area contributed by atoms with Crippen molar-refractivity contribution < 1.29 is 0 Å². The van der Waals surface area contributed by atoms with E-state index in [9.17, 15) is 0 Å². The van der Waals surface area contributed by atoms with Gasteiger partial charge in [0.05, 0.1) is 6.54 Å². The molecule has 0 spiro atoms. The molecule has 2 aromatic carbocycles. The molecule has 0 aliphatic rings. The highest BCUT2D eigenvalue weighted by Crippen LogP contribution is 2.32. The van der Waals surface area contributed by atoms with E-state index in [0.717, 1.165) is 27.7 Å². The molecule has 3 aromatic rings. The Balaban J connectivity index is 2.27. The number of nitrogens with zero attached hydrogens (tertiary/aromatic N) is 3. The lowest BCUT2D eigenvalue weighted by atomic mass is 10.0. The summed E-state index contributed by atoms with van der Waals surface area (Å²) < 4.78 is 0. The molecule has 0 aliphatic carbocycles. The maximum absolute atomic E-state index is 8.51. The third-order valence-electron chi connectivity index (χ3n) is 3.14. The number of benzene rings is 2. The van der Waals surface area contributed by atoms with Gasteiger partial charge in [-0.15, -0.1) is 0 Å². The van der Waals surface area contributed by atoms with Crippen LogP contribution in [0.15, 0.2) is 59.7 Å². The van der Waals surface area contributed by atoms with Crippen molar-refractivity contribution in [3.05, 3.63) is 70.7 Å². The summed E-state index contributed by atoms with van der Waals surface area (Å²) in [5, 5.41) is 4.82. The standard InChI is InChI=1S/C15H12N4/c16-19-17-10-14-15(11-6-2-1-3-7-11)12-8-4-5-9-13(12)18-14/h1-9,18H,10H2. The third kappa shape index (κ3) is 2.05. The predicted molar refractivity (Wildman–Crippen MR) is 76.6 cm³/mol. The van der Waals surface area contributed by atoms with E-state index >= 15 is 0 Å². The van der Waals surface area contributed by atoms with E-state index < -0.39 is 0 Å². The fourth-order valence-corrected chi connectivity index (χ4v) is 2.35. The molecule has 1 aromatic heterocycles. The number of aromatic amines is 1. The summed E-state index contributed by atoms with van der Waals surface area (Å²) in [4.78, 5) is 6.17. The normalized spacial score (nSPS) is 10.3.